The summed E-state index contributed by atoms with van der Waals surface area (Å²) in [5.74, 6) is -5.62. The molecule has 10 N–H and O–H groups in total. The number of carbonyl (C=O) groups excluding carboxylic acids is 7. The molecule has 0 spiro atoms. The first-order chi connectivity index (χ1) is 32.4. The van der Waals surface area contributed by atoms with Crippen LogP contribution in [-0.2, 0) is 40.0 Å². The largest absolute Gasteiger partial charge is 0.507 e. The van der Waals surface area contributed by atoms with Crippen molar-refractivity contribution in [3.05, 3.63) is 47.5 Å². The summed E-state index contributed by atoms with van der Waals surface area (Å²) in [5, 5.41) is 63.5. The lowest BCUT2D eigenvalue weighted by Gasteiger charge is -2.30. The number of aliphatic hydroxyl groups excluding tert-OH is 3. The van der Waals surface area contributed by atoms with E-state index in [0.717, 1.165) is 29.1 Å². The maximum Gasteiger partial charge on any atom is 0.248 e. The van der Waals surface area contributed by atoms with Crippen molar-refractivity contribution in [3.63, 3.8) is 0 Å². The molecule has 19 nitrogen and oxygen atoms in total. The molecule has 0 fully saturated rings. The Bertz CT molecular complexity index is 2000. The van der Waals surface area contributed by atoms with Gasteiger partial charge in [-0.3, -0.25) is 33.6 Å². The first-order valence-electron chi connectivity index (χ1n) is 24.0. The van der Waals surface area contributed by atoms with Crippen LogP contribution in [0.1, 0.15) is 128 Å². The molecule has 6 atom stereocenters. The van der Waals surface area contributed by atoms with Crippen LogP contribution in [0.5, 0.6) is 11.5 Å². The van der Waals surface area contributed by atoms with E-state index in [1.165, 1.54) is 122 Å². The van der Waals surface area contributed by atoms with Crippen LogP contribution < -0.4 is 26.6 Å². The summed E-state index contributed by atoms with van der Waals surface area (Å²) >= 11 is 0. The minimum Gasteiger partial charge on any atom is -0.507 e. The Morgan fingerprint density at radius 3 is 1.90 bits per heavy atom. The second-order valence-electron chi connectivity index (χ2n) is 17.8. The molecule has 7 amide bonds. The number of aromatic hydroxyl groups is 2. The molecule has 4 bridgehead atoms. The minimum atomic E-state index is -1.49. The second-order valence-corrected chi connectivity index (χ2v) is 17.8. The quantitative estimate of drug-likeness (QED) is 0.0608. The zero-order valence-electron chi connectivity index (χ0n) is 40.4. The van der Waals surface area contributed by atoms with Gasteiger partial charge in [-0.2, -0.15) is 0 Å². The van der Waals surface area contributed by atoms with Crippen LogP contribution in [0.15, 0.2) is 36.4 Å². The zero-order valence-corrected chi connectivity index (χ0v) is 40.4. The lowest BCUT2D eigenvalue weighted by atomic mass is 9.93. The number of benzene rings is 2. The molecule has 19 heteroatoms. The van der Waals surface area contributed by atoms with Crippen LogP contribution in [0.2, 0.25) is 0 Å². The van der Waals surface area contributed by atoms with Gasteiger partial charge in [0.15, 0.2) is 0 Å². The molecule has 378 valence electrons. The standard InChI is InChI=1S/C49H75N7O12/c1-6-7-8-9-10-11-12-13-14-15-16-17-18-19-42(62)55(4)39(30-58)48(67)52-31(2)45(64)51-28-43(63)56(5)44-34-21-23-41(61)37(26-34)36-24-33(20-22-40(36)60)25-38(47(66)50-27-35(59)29-57)54-46(65)32(3)53-49(44)68/h20-24,26,31-32,35,38-39,44,57-61H,6-19,25,27-30H2,1-5H3,(H,50,66)(H,51,64)(H,52,67)(H,53,68)(H,54,65)/t31-,32+,35?,38+,39?,44+/m1/s1. The third kappa shape index (κ3) is 17.7. The molecule has 1 aliphatic heterocycles. The molecule has 0 saturated heterocycles. The number of likely N-dealkylation sites (N-methyl/N-ethyl adjacent to an activating group) is 2. The predicted octanol–water partition coefficient (Wildman–Crippen LogP) is 2.20. The van der Waals surface area contributed by atoms with Gasteiger partial charge < -0.3 is 61.9 Å². The van der Waals surface area contributed by atoms with Crippen molar-refractivity contribution in [3.8, 4) is 22.6 Å². The monoisotopic (exact) mass is 954 g/mol. The first-order valence-corrected chi connectivity index (χ1v) is 24.0. The van der Waals surface area contributed by atoms with Crippen molar-refractivity contribution in [1.82, 2.24) is 36.4 Å². The fourth-order valence-electron chi connectivity index (χ4n) is 7.91. The van der Waals surface area contributed by atoms with Gasteiger partial charge >= 0.3 is 0 Å². The van der Waals surface area contributed by atoms with E-state index in [0.29, 0.717) is 12.0 Å². The van der Waals surface area contributed by atoms with E-state index < -0.39 is 91.5 Å². The Morgan fingerprint density at radius 2 is 1.31 bits per heavy atom. The molecular formula is C49H75N7O12. The summed E-state index contributed by atoms with van der Waals surface area (Å²) in [6.45, 7) is 2.63. The second kappa shape index (κ2) is 29.2. The Morgan fingerprint density at radius 1 is 0.735 bits per heavy atom. The Labute approximate surface area is 399 Å². The van der Waals surface area contributed by atoms with E-state index in [9.17, 15) is 59.1 Å². The number of nitrogens with zero attached hydrogens (tertiary/aromatic N) is 2. The number of unbranched alkanes of at least 4 members (excludes halogenated alkanes) is 12. The van der Waals surface area contributed by atoms with Crippen LogP contribution in [-0.4, -0.2) is 147 Å². The summed E-state index contributed by atoms with van der Waals surface area (Å²) in [7, 11) is 2.70. The highest BCUT2D eigenvalue weighted by atomic mass is 16.3. The highest BCUT2D eigenvalue weighted by Gasteiger charge is 2.34. The van der Waals surface area contributed by atoms with Crippen LogP contribution in [0.25, 0.3) is 11.1 Å². The highest BCUT2D eigenvalue weighted by Crippen LogP contribution is 2.38. The number of nitrogens with one attached hydrogen (secondary N) is 5. The van der Waals surface area contributed by atoms with Crippen LogP contribution in [0.4, 0.5) is 0 Å². The summed E-state index contributed by atoms with van der Waals surface area (Å²) in [5.41, 5.74) is 0.749. The van der Waals surface area contributed by atoms with Gasteiger partial charge in [0.25, 0.3) is 0 Å². The maximum atomic E-state index is 14.1. The molecule has 0 aromatic heterocycles. The predicted molar refractivity (Wildman–Crippen MR) is 255 cm³/mol. The SMILES string of the molecule is CCCCCCCCCCCCCCCC(=O)N(C)C(CO)C(=O)N[C@H](C)C(=O)NCC(=O)N(C)[C@@H]1C(=O)N[C@@H](C)C(=O)N[C@H](C(=O)NCC(O)CO)Cc2ccc(O)c(c2)-c2cc1ccc2O. The van der Waals surface area contributed by atoms with E-state index in [1.807, 2.05) is 0 Å². The fraction of sp³-hybridized carbons (Fsp3) is 0.612. The smallest absolute Gasteiger partial charge is 0.248 e. The van der Waals surface area contributed by atoms with Gasteiger partial charge in [0.05, 0.1) is 25.9 Å². The van der Waals surface area contributed by atoms with Crippen molar-refractivity contribution >= 4 is 41.4 Å². The van der Waals surface area contributed by atoms with Gasteiger partial charge in [-0.25, -0.2) is 0 Å². The molecule has 0 saturated carbocycles. The van der Waals surface area contributed by atoms with Gasteiger partial charge in [0.1, 0.15) is 41.7 Å². The van der Waals surface area contributed by atoms with Crippen molar-refractivity contribution in [2.75, 3.05) is 40.4 Å². The van der Waals surface area contributed by atoms with Crippen molar-refractivity contribution in [2.45, 2.75) is 153 Å². The molecule has 3 rings (SSSR count). The molecule has 68 heavy (non-hydrogen) atoms. The molecule has 1 aliphatic rings. The zero-order chi connectivity index (χ0) is 50.3. The molecule has 2 unspecified atom stereocenters. The number of amides is 7. The van der Waals surface area contributed by atoms with Crippen molar-refractivity contribution in [2.24, 2.45) is 0 Å². The first kappa shape index (κ1) is 56.5. The summed E-state index contributed by atoms with van der Waals surface area (Å²) < 4.78 is 0. The van der Waals surface area contributed by atoms with Crippen molar-refractivity contribution in [1.29, 1.82) is 0 Å². The third-order valence-electron chi connectivity index (χ3n) is 12.3. The Hall–Kier alpha value is -5.79. The third-order valence-corrected chi connectivity index (χ3v) is 12.3. The van der Waals surface area contributed by atoms with E-state index in [2.05, 4.69) is 33.5 Å². The summed E-state index contributed by atoms with van der Waals surface area (Å²) in [6, 6.07) is 1.83. The lowest BCUT2D eigenvalue weighted by molar-refractivity contribution is -0.142. The summed E-state index contributed by atoms with van der Waals surface area (Å²) in [4.78, 5) is 96.0. The number of hydrogen-bond donors (Lipinski definition) is 10. The van der Waals surface area contributed by atoms with E-state index in [-0.39, 0.29) is 53.5 Å². The van der Waals surface area contributed by atoms with E-state index in [1.54, 1.807) is 0 Å². The van der Waals surface area contributed by atoms with Gasteiger partial charge in [0.2, 0.25) is 41.4 Å². The molecule has 1 heterocycles. The number of carbonyl (C=O) groups is 7. The number of phenols is 2. The van der Waals surface area contributed by atoms with Gasteiger partial charge in [-0.1, -0.05) is 96.1 Å². The lowest BCUT2D eigenvalue weighted by Crippen LogP contribution is -2.56. The molecule has 0 radical (unpaired) electrons. The van der Waals surface area contributed by atoms with Gasteiger partial charge in [0, 0.05) is 44.6 Å². The van der Waals surface area contributed by atoms with Crippen LogP contribution in [0, 0.1) is 0 Å². The van der Waals surface area contributed by atoms with E-state index >= 15 is 0 Å². The topological polar surface area (TPSA) is 287 Å². The average Bonchev–Trinajstić information content (AvgIpc) is 3.31. The normalized spacial score (nSPS) is 17.3. The van der Waals surface area contributed by atoms with Gasteiger partial charge in [-0.15, -0.1) is 0 Å². The summed E-state index contributed by atoms with van der Waals surface area (Å²) in [6.07, 6.45) is 13.9. The molecular weight excluding hydrogens is 879 g/mol. The fourth-order valence-corrected chi connectivity index (χ4v) is 7.91. The number of phenolic OH excluding ortho intramolecular Hbond substituents is 2. The minimum absolute atomic E-state index is 0.0627. The number of rotatable bonds is 26. The number of hydrogen-bond acceptors (Lipinski definition) is 12. The van der Waals surface area contributed by atoms with Crippen LogP contribution in [0.3, 0.4) is 0 Å². The Balaban J connectivity index is 1.64. The van der Waals surface area contributed by atoms with Crippen molar-refractivity contribution < 1.29 is 59.1 Å². The molecule has 0 aliphatic carbocycles. The van der Waals surface area contributed by atoms with E-state index in [4.69, 9.17) is 0 Å². The number of fused-ring (bicyclic) bond motifs is 5. The van der Waals surface area contributed by atoms with Crippen LogP contribution >= 0.6 is 0 Å². The molecule has 2 aromatic carbocycles. The molecule has 2 aromatic rings. The maximum absolute atomic E-state index is 14.1. The average molecular weight is 954 g/mol. The Kier molecular flexibility index (Phi) is 24.3. The highest BCUT2D eigenvalue weighted by molar-refractivity contribution is 5.97. The number of aliphatic hydroxyl groups is 3. The van der Waals surface area contributed by atoms with Gasteiger partial charge in [-0.05, 0) is 55.7 Å².